The predicted molar refractivity (Wildman–Crippen MR) is 53.5 cm³/mol. The molecular formula is C9H11N3O2S. The number of nitriles is 1. The van der Waals surface area contributed by atoms with E-state index in [1.165, 1.54) is 6.07 Å². The van der Waals surface area contributed by atoms with Crippen LogP contribution in [0, 0.1) is 11.3 Å². The number of fused-ring (bicyclic) bond motifs is 1. The number of nitrogens with zero attached hydrogens (tertiary/aromatic N) is 2. The van der Waals surface area contributed by atoms with Crippen LogP contribution in [0.2, 0.25) is 0 Å². The van der Waals surface area contributed by atoms with Crippen molar-refractivity contribution in [3.8, 4) is 6.07 Å². The largest absolute Gasteiger partial charge is 0.333 e. The van der Waals surface area contributed by atoms with E-state index >= 15 is 0 Å². The number of sulfonamides is 1. The average molecular weight is 225 g/mol. The molecule has 1 aromatic heterocycles. The zero-order valence-electron chi connectivity index (χ0n) is 8.10. The minimum atomic E-state index is -3.72. The van der Waals surface area contributed by atoms with E-state index < -0.39 is 10.0 Å². The van der Waals surface area contributed by atoms with Crippen LogP contribution in [0.1, 0.15) is 24.1 Å². The summed E-state index contributed by atoms with van der Waals surface area (Å²) in [5, 5.41) is 14.0. The summed E-state index contributed by atoms with van der Waals surface area (Å²) in [6, 6.07) is 3.38. The monoisotopic (exact) mass is 225 g/mol. The van der Waals surface area contributed by atoms with Crippen molar-refractivity contribution in [2.75, 3.05) is 0 Å². The number of rotatable bonds is 1. The summed E-state index contributed by atoms with van der Waals surface area (Å²) in [4.78, 5) is 0. The SMILES string of the molecule is N#Cc1cc(S(N)(=O)=O)n2c1CCCC2. The molecule has 0 aromatic carbocycles. The first-order valence-electron chi connectivity index (χ1n) is 4.69. The maximum Gasteiger partial charge on any atom is 0.253 e. The Morgan fingerprint density at radius 2 is 2.20 bits per heavy atom. The van der Waals surface area contributed by atoms with Crippen molar-refractivity contribution >= 4 is 10.0 Å². The van der Waals surface area contributed by atoms with Crippen molar-refractivity contribution in [2.24, 2.45) is 5.14 Å². The normalized spacial score (nSPS) is 15.7. The van der Waals surface area contributed by atoms with Gasteiger partial charge in [0.2, 0.25) is 0 Å². The highest BCUT2D eigenvalue weighted by Crippen LogP contribution is 2.25. The Balaban J connectivity index is 2.69. The highest BCUT2D eigenvalue weighted by molar-refractivity contribution is 7.89. The second-order valence-electron chi connectivity index (χ2n) is 3.61. The first-order chi connectivity index (χ1) is 7.04. The third-order valence-corrected chi connectivity index (χ3v) is 3.55. The molecule has 15 heavy (non-hydrogen) atoms. The van der Waals surface area contributed by atoms with Gasteiger partial charge in [-0.15, -0.1) is 0 Å². The van der Waals surface area contributed by atoms with Gasteiger partial charge in [0, 0.05) is 12.2 Å². The van der Waals surface area contributed by atoms with E-state index in [1.807, 2.05) is 6.07 Å². The van der Waals surface area contributed by atoms with Crippen LogP contribution < -0.4 is 5.14 Å². The van der Waals surface area contributed by atoms with Gasteiger partial charge in [-0.1, -0.05) is 0 Å². The minimum absolute atomic E-state index is 0.0637. The van der Waals surface area contributed by atoms with Gasteiger partial charge in [0.05, 0.1) is 5.56 Å². The number of hydrogen-bond donors (Lipinski definition) is 1. The lowest BCUT2D eigenvalue weighted by Crippen LogP contribution is -2.20. The van der Waals surface area contributed by atoms with E-state index in [0.29, 0.717) is 12.1 Å². The standard InChI is InChI=1S/C9H11N3O2S/c10-6-7-5-9(15(11,13)14)12-4-2-1-3-8(7)12/h5H,1-4H2,(H2,11,13,14). The lowest BCUT2D eigenvalue weighted by Gasteiger charge is -2.17. The first-order valence-corrected chi connectivity index (χ1v) is 6.24. The van der Waals surface area contributed by atoms with Crippen LogP contribution in [0.5, 0.6) is 0 Å². The van der Waals surface area contributed by atoms with Gasteiger partial charge < -0.3 is 4.57 Å². The molecule has 0 fully saturated rings. The summed E-state index contributed by atoms with van der Waals surface area (Å²) in [6.45, 7) is 0.628. The fraction of sp³-hybridized carbons (Fsp3) is 0.444. The van der Waals surface area contributed by atoms with Crippen molar-refractivity contribution < 1.29 is 8.42 Å². The lowest BCUT2D eigenvalue weighted by molar-refractivity contribution is 0.494. The fourth-order valence-electron chi connectivity index (χ4n) is 1.97. The summed E-state index contributed by atoms with van der Waals surface area (Å²) in [5.41, 5.74) is 1.23. The summed E-state index contributed by atoms with van der Waals surface area (Å²) in [5.74, 6) is 0. The third-order valence-electron chi connectivity index (χ3n) is 2.63. The molecule has 6 heteroatoms. The van der Waals surface area contributed by atoms with Crippen LogP contribution in [0.3, 0.4) is 0 Å². The molecule has 0 unspecified atom stereocenters. The Kier molecular flexibility index (Phi) is 2.29. The highest BCUT2D eigenvalue weighted by atomic mass is 32.2. The Bertz CT molecular complexity index is 536. The number of primary sulfonamides is 1. The minimum Gasteiger partial charge on any atom is -0.333 e. The lowest BCUT2D eigenvalue weighted by atomic mass is 10.1. The molecule has 0 spiro atoms. The molecule has 0 atom stereocenters. The fourth-order valence-corrected chi connectivity index (χ4v) is 2.76. The van der Waals surface area contributed by atoms with E-state index in [9.17, 15) is 8.42 Å². The molecule has 1 aromatic rings. The Labute approximate surface area is 88.2 Å². The maximum absolute atomic E-state index is 11.3. The summed E-state index contributed by atoms with van der Waals surface area (Å²) in [7, 11) is -3.72. The van der Waals surface area contributed by atoms with Crippen LogP contribution in [0.25, 0.3) is 0 Å². The number of aromatic nitrogens is 1. The molecule has 2 rings (SSSR count). The van der Waals surface area contributed by atoms with Gasteiger partial charge in [-0.3, -0.25) is 0 Å². The molecule has 1 aliphatic heterocycles. The van der Waals surface area contributed by atoms with E-state index in [4.69, 9.17) is 10.4 Å². The quantitative estimate of drug-likeness (QED) is 0.747. The van der Waals surface area contributed by atoms with Crippen molar-refractivity contribution in [1.29, 1.82) is 5.26 Å². The van der Waals surface area contributed by atoms with E-state index in [2.05, 4.69) is 0 Å². The van der Waals surface area contributed by atoms with E-state index in [1.54, 1.807) is 4.57 Å². The van der Waals surface area contributed by atoms with Crippen molar-refractivity contribution in [1.82, 2.24) is 4.57 Å². The van der Waals surface area contributed by atoms with Gasteiger partial charge in [0.25, 0.3) is 10.0 Å². The Morgan fingerprint density at radius 3 is 2.80 bits per heavy atom. The summed E-state index contributed by atoms with van der Waals surface area (Å²) in [6.07, 6.45) is 2.66. The van der Waals surface area contributed by atoms with Crippen LogP contribution in [0.4, 0.5) is 0 Å². The van der Waals surface area contributed by atoms with Gasteiger partial charge >= 0.3 is 0 Å². The van der Waals surface area contributed by atoms with Crippen molar-refractivity contribution in [2.45, 2.75) is 30.8 Å². The van der Waals surface area contributed by atoms with Crippen LogP contribution in [-0.2, 0) is 23.0 Å². The van der Waals surface area contributed by atoms with E-state index in [-0.39, 0.29) is 5.03 Å². The smallest absolute Gasteiger partial charge is 0.253 e. The molecule has 80 valence electrons. The molecule has 2 heterocycles. The molecule has 0 aliphatic carbocycles. The second kappa shape index (κ2) is 3.36. The van der Waals surface area contributed by atoms with Gasteiger partial charge in [-0.25, -0.2) is 13.6 Å². The summed E-state index contributed by atoms with van der Waals surface area (Å²) >= 11 is 0. The van der Waals surface area contributed by atoms with Crippen LogP contribution in [-0.4, -0.2) is 13.0 Å². The third kappa shape index (κ3) is 1.64. The van der Waals surface area contributed by atoms with E-state index in [0.717, 1.165) is 25.0 Å². The van der Waals surface area contributed by atoms with Gasteiger partial charge in [-0.2, -0.15) is 5.26 Å². The van der Waals surface area contributed by atoms with Gasteiger partial charge in [-0.05, 0) is 25.3 Å². The van der Waals surface area contributed by atoms with Crippen LogP contribution in [0.15, 0.2) is 11.1 Å². The van der Waals surface area contributed by atoms with Gasteiger partial charge in [0.1, 0.15) is 6.07 Å². The zero-order chi connectivity index (χ0) is 11.1. The molecule has 1 aliphatic rings. The average Bonchev–Trinajstić information content (AvgIpc) is 2.55. The highest BCUT2D eigenvalue weighted by Gasteiger charge is 2.23. The maximum atomic E-state index is 11.3. The molecule has 0 saturated carbocycles. The number of nitrogens with two attached hydrogens (primary N) is 1. The molecule has 2 N–H and O–H groups in total. The molecule has 0 radical (unpaired) electrons. The zero-order valence-corrected chi connectivity index (χ0v) is 8.92. The molecule has 0 bridgehead atoms. The predicted octanol–water partition coefficient (Wildman–Crippen LogP) is 0.343. The molecule has 0 saturated heterocycles. The first kappa shape index (κ1) is 10.2. The Hall–Kier alpha value is -1.32. The molecular weight excluding hydrogens is 214 g/mol. The second-order valence-corrected chi connectivity index (χ2v) is 5.12. The molecule has 0 amide bonds. The van der Waals surface area contributed by atoms with Crippen molar-refractivity contribution in [3.05, 3.63) is 17.3 Å². The topological polar surface area (TPSA) is 88.9 Å². The van der Waals surface area contributed by atoms with Crippen LogP contribution >= 0.6 is 0 Å². The summed E-state index contributed by atoms with van der Waals surface area (Å²) < 4.78 is 24.2. The van der Waals surface area contributed by atoms with Crippen molar-refractivity contribution in [3.63, 3.8) is 0 Å². The van der Waals surface area contributed by atoms with Gasteiger partial charge in [0.15, 0.2) is 5.03 Å². The Morgan fingerprint density at radius 1 is 1.47 bits per heavy atom. The number of hydrogen-bond acceptors (Lipinski definition) is 3. The molecule has 5 nitrogen and oxygen atoms in total.